The van der Waals surface area contributed by atoms with Crippen molar-refractivity contribution in [2.75, 3.05) is 14.2 Å². The summed E-state index contributed by atoms with van der Waals surface area (Å²) in [4.78, 5) is 27.7. The minimum atomic E-state index is -1.14. The molecule has 0 spiro atoms. The minimum Gasteiger partial charge on any atom is -0.468 e. The molecular weight excluding hydrogens is 317 g/mol. The quantitative estimate of drug-likeness (QED) is 0.369. The Balaban J connectivity index is 3.19. The Bertz CT molecular complexity index is 543. The van der Waals surface area contributed by atoms with Crippen LogP contribution in [0.2, 0.25) is 0 Å². The fraction of sp³-hybridized carbons (Fsp3) is 0.308. The Morgan fingerprint density at radius 2 is 2.05 bits per heavy atom. The van der Waals surface area contributed by atoms with E-state index < -0.39 is 23.5 Å². The number of hydrogen-bond donors (Lipinski definition) is 0. The average molecular weight is 330 g/mol. The van der Waals surface area contributed by atoms with Crippen LogP contribution in [-0.2, 0) is 9.53 Å². The first-order chi connectivity index (χ1) is 8.92. The van der Waals surface area contributed by atoms with Crippen LogP contribution in [0.1, 0.15) is 17.3 Å². The Kier molecular flexibility index (Phi) is 5.35. The van der Waals surface area contributed by atoms with Crippen LogP contribution in [0, 0.1) is 11.7 Å². The van der Waals surface area contributed by atoms with Crippen molar-refractivity contribution in [3.05, 3.63) is 34.1 Å². The van der Waals surface area contributed by atoms with E-state index in [-0.39, 0.29) is 10.0 Å². The molecule has 0 radical (unpaired) electrons. The number of hydrogen-bond acceptors (Lipinski definition) is 4. The minimum absolute atomic E-state index is 0.0964. The molecule has 1 atom stereocenters. The van der Waals surface area contributed by atoms with Gasteiger partial charge in [-0.1, -0.05) is 6.07 Å². The van der Waals surface area contributed by atoms with Crippen LogP contribution in [0.3, 0.4) is 0 Å². The molecule has 0 aromatic heterocycles. The lowest BCUT2D eigenvalue weighted by molar-refractivity contribution is -0.141. The molecule has 4 nitrogen and oxygen atoms in total. The predicted octanol–water partition coefficient (Wildman–Crippen LogP) is 2.65. The zero-order chi connectivity index (χ0) is 14.6. The van der Waals surface area contributed by atoms with Gasteiger partial charge in [0.25, 0.3) is 0 Å². The summed E-state index contributed by atoms with van der Waals surface area (Å²) >= 11 is 3.00. The second kappa shape index (κ2) is 6.56. The van der Waals surface area contributed by atoms with Crippen LogP contribution >= 0.6 is 15.9 Å². The van der Waals surface area contributed by atoms with Crippen LogP contribution in [0.25, 0.3) is 0 Å². The number of ether oxygens (including phenoxy) is 1. The number of aliphatic imine (C=N–C) groups is 1. The number of carbonyl (C=O) groups excluding carboxylic acids is 2. The molecule has 0 fully saturated rings. The van der Waals surface area contributed by atoms with Gasteiger partial charge in [0.1, 0.15) is 5.82 Å². The van der Waals surface area contributed by atoms with Gasteiger partial charge in [0.15, 0.2) is 11.7 Å². The maximum atomic E-state index is 13.4. The van der Waals surface area contributed by atoms with Gasteiger partial charge in [-0.05, 0) is 35.0 Å². The number of methoxy groups -OCH3 is 1. The summed E-state index contributed by atoms with van der Waals surface area (Å²) in [6.07, 6.45) is 0. The van der Waals surface area contributed by atoms with Gasteiger partial charge in [0.2, 0.25) is 0 Å². The zero-order valence-electron chi connectivity index (χ0n) is 10.7. The van der Waals surface area contributed by atoms with Crippen molar-refractivity contribution >= 4 is 33.4 Å². The molecule has 0 saturated heterocycles. The first kappa shape index (κ1) is 15.5. The average Bonchev–Trinajstić information content (AvgIpc) is 2.41. The van der Waals surface area contributed by atoms with Crippen molar-refractivity contribution in [3.8, 4) is 0 Å². The summed E-state index contributed by atoms with van der Waals surface area (Å²) < 4.78 is 18.3. The summed E-state index contributed by atoms with van der Waals surface area (Å²) in [6.45, 7) is 1.55. The highest BCUT2D eigenvalue weighted by atomic mass is 79.9. The van der Waals surface area contributed by atoms with E-state index in [4.69, 9.17) is 0 Å². The number of rotatable bonds is 4. The van der Waals surface area contributed by atoms with E-state index in [1.54, 1.807) is 6.92 Å². The number of ketones is 1. The van der Waals surface area contributed by atoms with E-state index in [0.717, 1.165) is 6.07 Å². The number of esters is 1. The lowest BCUT2D eigenvalue weighted by Crippen LogP contribution is -2.31. The fourth-order valence-electron chi connectivity index (χ4n) is 1.53. The number of benzene rings is 1. The van der Waals surface area contributed by atoms with Crippen molar-refractivity contribution in [2.24, 2.45) is 10.9 Å². The molecule has 0 aliphatic carbocycles. The highest BCUT2D eigenvalue weighted by Gasteiger charge is 2.31. The van der Waals surface area contributed by atoms with Crippen LogP contribution in [-0.4, -0.2) is 31.6 Å². The van der Waals surface area contributed by atoms with Crippen molar-refractivity contribution in [1.29, 1.82) is 0 Å². The number of Topliss-reactive ketones (excluding diaryl/α,β-unsaturated/α-hetero) is 1. The summed E-state index contributed by atoms with van der Waals surface area (Å²) in [6, 6.07) is 3.93. The van der Waals surface area contributed by atoms with Gasteiger partial charge >= 0.3 is 5.97 Å². The standard InChI is InChI=1S/C13H13BrFNO3/c1-7(16-2)11(13(18)19-3)12(17)8-4-5-9(14)10(15)6-8/h4-6,11H,1-3H3/b16-7+. The van der Waals surface area contributed by atoms with Crippen LogP contribution < -0.4 is 0 Å². The molecule has 0 bridgehead atoms. The topological polar surface area (TPSA) is 55.7 Å². The van der Waals surface area contributed by atoms with E-state index >= 15 is 0 Å². The molecule has 0 saturated carbocycles. The summed E-state index contributed by atoms with van der Waals surface area (Å²) in [5, 5.41) is 0. The largest absolute Gasteiger partial charge is 0.468 e. The Labute approximate surface area is 118 Å². The van der Waals surface area contributed by atoms with Gasteiger partial charge in [-0.2, -0.15) is 0 Å². The Morgan fingerprint density at radius 1 is 1.42 bits per heavy atom. The van der Waals surface area contributed by atoms with Gasteiger partial charge in [0, 0.05) is 18.3 Å². The highest BCUT2D eigenvalue weighted by molar-refractivity contribution is 9.10. The first-order valence-electron chi connectivity index (χ1n) is 5.42. The molecule has 1 unspecified atom stereocenters. The monoisotopic (exact) mass is 329 g/mol. The van der Waals surface area contributed by atoms with Gasteiger partial charge in [-0.15, -0.1) is 0 Å². The summed E-state index contributed by atoms with van der Waals surface area (Å²) in [7, 11) is 2.66. The molecule has 0 amide bonds. The lowest BCUT2D eigenvalue weighted by Gasteiger charge is -2.13. The molecular formula is C13H13BrFNO3. The molecule has 0 heterocycles. The van der Waals surface area contributed by atoms with Crippen LogP contribution in [0.4, 0.5) is 4.39 Å². The van der Waals surface area contributed by atoms with Crippen molar-refractivity contribution in [2.45, 2.75) is 6.92 Å². The third-order valence-electron chi connectivity index (χ3n) is 2.67. The number of halogens is 2. The highest BCUT2D eigenvalue weighted by Crippen LogP contribution is 2.19. The van der Waals surface area contributed by atoms with Gasteiger partial charge in [0.05, 0.1) is 11.6 Å². The first-order valence-corrected chi connectivity index (χ1v) is 6.22. The van der Waals surface area contributed by atoms with Crippen LogP contribution in [0.15, 0.2) is 27.7 Å². The predicted molar refractivity (Wildman–Crippen MR) is 73.0 cm³/mol. The molecule has 0 N–H and O–H groups in total. The molecule has 102 valence electrons. The van der Waals surface area contributed by atoms with Gasteiger partial charge in [-0.3, -0.25) is 14.6 Å². The maximum absolute atomic E-state index is 13.4. The molecule has 1 aromatic carbocycles. The van der Waals surface area contributed by atoms with Crippen molar-refractivity contribution < 1.29 is 18.7 Å². The summed E-state index contributed by atoms with van der Waals surface area (Å²) in [5.41, 5.74) is 0.416. The van der Waals surface area contributed by atoms with E-state index in [1.807, 2.05) is 0 Å². The van der Waals surface area contributed by atoms with Gasteiger partial charge < -0.3 is 4.74 Å². The fourth-order valence-corrected chi connectivity index (χ4v) is 1.78. The second-order valence-electron chi connectivity index (χ2n) is 3.81. The second-order valence-corrected chi connectivity index (χ2v) is 4.67. The molecule has 0 aliphatic rings. The molecule has 19 heavy (non-hydrogen) atoms. The van der Waals surface area contributed by atoms with Gasteiger partial charge in [-0.25, -0.2) is 4.39 Å². The molecule has 1 aromatic rings. The SMILES string of the molecule is C/N=C(\C)C(C(=O)OC)C(=O)c1ccc(Br)c(F)c1. The lowest BCUT2D eigenvalue weighted by atomic mass is 9.93. The number of carbonyl (C=O) groups is 2. The zero-order valence-corrected chi connectivity index (χ0v) is 12.3. The van der Waals surface area contributed by atoms with E-state index in [0.29, 0.717) is 5.71 Å². The van der Waals surface area contributed by atoms with Crippen molar-refractivity contribution in [1.82, 2.24) is 0 Å². The maximum Gasteiger partial charge on any atom is 0.322 e. The van der Waals surface area contributed by atoms with E-state index in [9.17, 15) is 14.0 Å². The summed E-state index contributed by atoms with van der Waals surface area (Å²) in [5.74, 6) is -2.96. The van der Waals surface area contributed by atoms with Crippen LogP contribution in [0.5, 0.6) is 0 Å². The van der Waals surface area contributed by atoms with Crippen molar-refractivity contribution in [3.63, 3.8) is 0 Å². The Morgan fingerprint density at radius 3 is 2.53 bits per heavy atom. The Hall–Kier alpha value is -1.56. The third kappa shape index (κ3) is 3.47. The normalized spacial score (nSPS) is 13.0. The number of nitrogens with zero attached hydrogens (tertiary/aromatic N) is 1. The molecule has 6 heteroatoms. The van der Waals surface area contributed by atoms with E-state index in [2.05, 4.69) is 25.7 Å². The molecule has 0 aliphatic heterocycles. The third-order valence-corrected chi connectivity index (χ3v) is 3.32. The van der Waals surface area contributed by atoms with E-state index in [1.165, 1.54) is 26.3 Å². The smallest absolute Gasteiger partial charge is 0.322 e. The molecule has 1 rings (SSSR count).